The molecule has 0 aliphatic heterocycles. The molecule has 3 nitrogen and oxygen atoms in total. The van der Waals surface area contributed by atoms with Gasteiger partial charge in [0.25, 0.3) is 0 Å². The Labute approximate surface area is 97.3 Å². The van der Waals surface area contributed by atoms with E-state index in [4.69, 9.17) is 0 Å². The second kappa shape index (κ2) is 4.25. The zero-order valence-electron chi connectivity index (χ0n) is 9.48. The molecule has 1 unspecified atom stereocenters. The first kappa shape index (κ1) is 11.7. The average molecular weight is 238 g/mol. The minimum absolute atomic E-state index is 0.179. The third-order valence-electron chi connectivity index (χ3n) is 2.55. The standard InChI is InChI=1S/C12H12F2N2O/c1-7-11(6-16(2)15-7)12(17)8-3-9(13)5-10(14)4-8/h3-6,12,17H,1-2H3. The summed E-state index contributed by atoms with van der Waals surface area (Å²) < 4.78 is 27.6. The fourth-order valence-corrected chi connectivity index (χ4v) is 1.80. The molecule has 1 N–H and O–H groups in total. The van der Waals surface area contributed by atoms with E-state index in [1.54, 1.807) is 24.9 Å². The molecule has 5 heteroatoms. The van der Waals surface area contributed by atoms with Gasteiger partial charge in [0.1, 0.15) is 17.7 Å². The summed E-state index contributed by atoms with van der Waals surface area (Å²) in [5, 5.41) is 14.1. The van der Waals surface area contributed by atoms with Crippen LogP contribution in [0.1, 0.15) is 22.9 Å². The third kappa shape index (κ3) is 2.34. The molecule has 0 spiro atoms. The first-order valence-corrected chi connectivity index (χ1v) is 5.11. The highest BCUT2D eigenvalue weighted by Gasteiger charge is 2.17. The first-order valence-electron chi connectivity index (χ1n) is 5.11. The van der Waals surface area contributed by atoms with Crippen LogP contribution in [-0.2, 0) is 7.05 Å². The molecular weight excluding hydrogens is 226 g/mol. The van der Waals surface area contributed by atoms with Crippen molar-refractivity contribution >= 4 is 0 Å². The van der Waals surface area contributed by atoms with Crippen molar-refractivity contribution in [1.29, 1.82) is 0 Å². The minimum Gasteiger partial charge on any atom is -0.384 e. The van der Waals surface area contributed by atoms with Gasteiger partial charge in [-0.1, -0.05) is 0 Å². The van der Waals surface area contributed by atoms with E-state index in [-0.39, 0.29) is 5.56 Å². The van der Waals surface area contributed by atoms with Crippen LogP contribution in [0.3, 0.4) is 0 Å². The maximum Gasteiger partial charge on any atom is 0.126 e. The lowest BCUT2D eigenvalue weighted by Crippen LogP contribution is -2.01. The Morgan fingerprint density at radius 3 is 2.29 bits per heavy atom. The number of aliphatic hydroxyl groups excluding tert-OH is 1. The van der Waals surface area contributed by atoms with Crippen molar-refractivity contribution in [3.63, 3.8) is 0 Å². The molecule has 0 fully saturated rings. The maximum absolute atomic E-state index is 13.0. The van der Waals surface area contributed by atoms with Crippen LogP contribution in [0.2, 0.25) is 0 Å². The van der Waals surface area contributed by atoms with Crippen molar-refractivity contribution in [2.24, 2.45) is 7.05 Å². The van der Waals surface area contributed by atoms with Gasteiger partial charge in [0, 0.05) is 24.9 Å². The van der Waals surface area contributed by atoms with Gasteiger partial charge in [-0.05, 0) is 24.6 Å². The Balaban J connectivity index is 2.43. The Morgan fingerprint density at radius 1 is 1.24 bits per heavy atom. The fraction of sp³-hybridized carbons (Fsp3) is 0.250. The number of halogens is 2. The monoisotopic (exact) mass is 238 g/mol. The molecule has 2 rings (SSSR count). The van der Waals surface area contributed by atoms with E-state index in [9.17, 15) is 13.9 Å². The lowest BCUT2D eigenvalue weighted by Gasteiger charge is -2.10. The first-order chi connectivity index (χ1) is 7.97. The topological polar surface area (TPSA) is 38.0 Å². The molecule has 0 saturated heterocycles. The quantitative estimate of drug-likeness (QED) is 0.870. The van der Waals surface area contributed by atoms with Crippen LogP contribution in [0.15, 0.2) is 24.4 Å². The van der Waals surface area contributed by atoms with Crippen molar-refractivity contribution in [3.05, 3.63) is 52.9 Å². The number of hydrogen-bond donors (Lipinski definition) is 1. The summed E-state index contributed by atoms with van der Waals surface area (Å²) in [6.45, 7) is 1.73. The van der Waals surface area contributed by atoms with E-state index >= 15 is 0 Å². The van der Waals surface area contributed by atoms with Crippen LogP contribution in [0, 0.1) is 18.6 Å². The van der Waals surface area contributed by atoms with Gasteiger partial charge >= 0.3 is 0 Å². The summed E-state index contributed by atoms with van der Waals surface area (Å²) in [7, 11) is 1.72. The number of hydrogen-bond acceptors (Lipinski definition) is 2. The highest BCUT2D eigenvalue weighted by Crippen LogP contribution is 2.25. The molecule has 0 amide bonds. The summed E-state index contributed by atoms with van der Waals surface area (Å²) in [6.07, 6.45) is 0.553. The molecule has 0 saturated carbocycles. The van der Waals surface area contributed by atoms with Gasteiger partial charge in [0.15, 0.2) is 0 Å². The second-order valence-corrected chi connectivity index (χ2v) is 3.95. The van der Waals surface area contributed by atoms with E-state index in [0.717, 1.165) is 18.2 Å². The predicted molar refractivity (Wildman–Crippen MR) is 58.4 cm³/mol. The van der Waals surface area contributed by atoms with Gasteiger partial charge in [-0.3, -0.25) is 4.68 Å². The van der Waals surface area contributed by atoms with Gasteiger partial charge in [-0.25, -0.2) is 8.78 Å². The van der Waals surface area contributed by atoms with Gasteiger partial charge in [0.05, 0.1) is 5.69 Å². The zero-order chi connectivity index (χ0) is 12.6. The smallest absolute Gasteiger partial charge is 0.126 e. The maximum atomic E-state index is 13.0. The van der Waals surface area contributed by atoms with Crippen LogP contribution >= 0.6 is 0 Å². The summed E-state index contributed by atoms with van der Waals surface area (Å²) in [4.78, 5) is 0. The van der Waals surface area contributed by atoms with Gasteiger partial charge in [0.2, 0.25) is 0 Å². The van der Waals surface area contributed by atoms with Crippen LogP contribution < -0.4 is 0 Å². The second-order valence-electron chi connectivity index (χ2n) is 3.95. The van der Waals surface area contributed by atoms with E-state index in [1.165, 1.54) is 0 Å². The van der Waals surface area contributed by atoms with Crippen molar-refractivity contribution in [2.75, 3.05) is 0 Å². The summed E-state index contributed by atoms with van der Waals surface area (Å²) in [5.41, 5.74) is 1.35. The molecule has 0 bridgehead atoms. The number of benzene rings is 1. The molecule has 90 valence electrons. The molecule has 0 aliphatic rings. The number of aromatic nitrogens is 2. The highest BCUT2D eigenvalue weighted by atomic mass is 19.1. The summed E-state index contributed by atoms with van der Waals surface area (Å²) >= 11 is 0. The molecule has 1 aromatic carbocycles. The van der Waals surface area contributed by atoms with E-state index in [2.05, 4.69) is 5.10 Å². The summed E-state index contributed by atoms with van der Waals surface area (Å²) in [6, 6.07) is 2.99. The van der Waals surface area contributed by atoms with E-state index in [1.807, 2.05) is 0 Å². The highest BCUT2D eigenvalue weighted by molar-refractivity contribution is 5.31. The van der Waals surface area contributed by atoms with Crippen molar-refractivity contribution in [3.8, 4) is 0 Å². The summed E-state index contributed by atoms with van der Waals surface area (Å²) in [5.74, 6) is -1.42. The van der Waals surface area contributed by atoms with Gasteiger partial charge in [-0.2, -0.15) is 5.10 Å². The zero-order valence-corrected chi connectivity index (χ0v) is 9.48. The Kier molecular flexibility index (Phi) is 2.93. The Bertz CT molecular complexity index is 531. The molecule has 1 heterocycles. The Morgan fingerprint density at radius 2 is 1.82 bits per heavy atom. The predicted octanol–water partition coefficient (Wildman–Crippen LogP) is 2.09. The molecular formula is C12H12F2N2O. The van der Waals surface area contributed by atoms with Crippen molar-refractivity contribution < 1.29 is 13.9 Å². The van der Waals surface area contributed by atoms with E-state index in [0.29, 0.717) is 11.3 Å². The Hall–Kier alpha value is -1.75. The fourth-order valence-electron chi connectivity index (χ4n) is 1.80. The molecule has 0 radical (unpaired) electrons. The lowest BCUT2D eigenvalue weighted by molar-refractivity contribution is 0.218. The minimum atomic E-state index is -1.08. The van der Waals surface area contributed by atoms with Gasteiger partial charge in [-0.15, -0.1) is 0 Å². The SMILES string of the molecule is Cc1nn(C)cc1C(O)c1cc(F)cc(F)c1. The molecule has 1 atom stereocenters. The molecule has 1 aromatic heterocycles. The van der Waals surface area contributed by atoms with Crippen LogP contribution in [0.4, 0.5) is 8.78 Å². The van der Waals surface area contributed by atoms with Crippen molar-refractivity contribution in [1.82, 2.24) is 9.78 Å². The molecule has 17 heavy (non-hydrogen) atoms. The van der Waals surface area contributed by atoms with E-state index < -0.39 is 17.7 Å². The molecule has 0 aliphatic carbocycles. The molecule has 2 aromatic rings. The normalized spacial score (nSPS) is 12.8. The van der Waals surface area contributed by atoms with Crippen LogP contribution in [0.25, 0.3) is 0 Å². The number of nitrogens with zero attached hydrogens (tertiary/aromatic N) is 2. The lowest BCUT2D eigenvalue weighted by atomic mass is 10.0. The largest absolute Gasteiger partial charge is 0.384 e. The number of aliphatic hydroxyl groups is 1. The third-order valence-corrected chi connectivity index (χ3v) is 2.55. The van der Waals surface area contributed by atoms with Crippen LogP contribution in [0.5, 0.6) is 0 Å². The van der Waals surface area contributed by atoms with Crippen molar-refractivity contribution in [2.45, 2.75) is 13.0 Å². The number of aryl methyl sites for hydroxylation is 2. The van der Waals surface area contributed by atoms with Gasteiger partial charge < -0.3 is 5.11 Å². The average Bonchev–Trinajstić information content (AvgIpc) is 2.55. The number of rotatable bonds is 2. The van der Waals surface area contributed by atoms with Crippen LogP contribution in [-0.4, -0.2) is 14.9 Å².